The van der Waals surface area contributed by atoms with E-state index in [-0.39, 0.29) is 0 Å². The monoisotopic (exact) mass is 476 g/mol. The SMILES string of the molecule is CCCCCCc1cc2sc3c(sc4c5sc(CCCCCC)cc5sc43)c2s1. The molecule has 29 heavy (non-hydrogen) atoms. The van der Waals surface area contributed by atoms with Gasteiger partial charge in [0.15, 0.2) is 0 Å². The third kappa shape index (κ3) is 3.94. The quantitative estimate of drug-likeness (QED) is 0.176. The van der Waals surface area contributed by atoms with Gasteiger partial charge < -0.3 is 0 Å². The summed E-state index contributed by atoms with van der Waals surface area (Å²) in [5.41, 5.74) is 0. The molecule has 0 nitrogen and oxygen atoms in total. The molecule has 5 rings (SSSR count). The lowest BCUT2D eigenvalue weighted by Crippen LogP contribution is -1.80. The number of aryl methyl sites for hydroxylation is 2. The fourth-order valence-electron chi connectivity index (χ4n) is 4.12. The van der Waals surface area contributed by atoms with E-state index in [0.29, 0.717) is 0 Å². The zero-order valence-corrected chi connectivity index (χ0v) is 21.3. The molecule has 154 valence electrons. The highest BCUT2D eigenvalue weighted by atomic mass is 32.1. The highest BCUT2D eigenvalue weighted by Crippen LogP contribution is 2.53. The molecule has 0 spiro atoms. The van der Waals surface area contributed by atoms with E-state index in [9.17, 15) is 0 Å². The Kier molecular flexibility index (Phi) is 6.31. The van der Waals surface area contributed by atoms with Gasteiger partial charge in [-0.3, -0.25) is 0 Å². The van der Waals surface area contributed by atoms with Crippen molar-refractivity contribution in [2.45, 2.75) is 78.1 Å². The van der Waals surface area contributed by atoms with Crippen LogP contribution in [0.4, 0.5) is 0 Å². The van der Waals surface area contributed by atoms with Crippen molar-refractivity contribution in [3.05, 3.63) is 21.9 Å². The predicted molar refractivity (Wildman–Crippen MR) is 142 cm³/mol. The molecule has 5 heterocycles. The highest BCUT2D eigenvalue weighted by molar-refractivity contribution is 7.48. The average Bonchev–Trinajstić information content (AvgIpc) is 3.47. The Morgan fingerprint density at radius 2 is 0.931 bits per heavy atom. The molecule has 0 unspecified atom stereocenters. The van der Waals surface area contributed by atoms with Gasteiger partial charge in [0, 0.05) is 19.2 Å². The molecule has 0 bridgehead atoms. The maximum absolute atomic E-state index is 2.49. The third-order valence-electron chi connectivity index (χ3n) is 5.71. The maximum Gasteiger partial charge on any atom is 0.0651 e. The molecule has 0 fully saturated rings. The molecule has 5 heteroatoms. The van der Waals surface area contributed by atoms with E-state index < -0.39 is 0 Å². The fourth-order valence-corrected chi connectivity index (χ4v) is 11.5. The van der Waals surface area contributed by atoms with E-state index in [1.165, 1.54) is 73.6 Å². The van der Waals surface area contributed by atoms with E-state index in [1.807, 2.05) is 22.7 Å². The number of unbranched alkanes of at least 4 members (excludes halogenated alkanes) is 6. The fraction of sp³-hybridized carbons (Fsp3) is 0.500. The van der Waals surface area contributed by atoms with E-state index in [2.05, 4.69) is 60.0 Å². The molecule has 5 aromatic rings. The Morgan fingerprint density at radius 3 is 1.38 bits per heavy atom. The summed E-state index contributed by atoms with van der Waals surface area (Å²) in [6.45, 7) is 4.58. The van der Waals surface area contributed by atoms with Crippen LogP contribution in [-0.2, 0) is 12.8 Å². The third-order valence-corrected chi connectivity index (χ3v) is 12.6. The van der Waals surface area contributed by atoms with Crippen LogP contribution in [-0.4, -0.2) is 0 Å². The van der Waals surface area contributed by atoms with E-state index in [0.717, 1.165) is 0 Å². The molecule has 0 aliphatic rings. The summed E-state index contributed by atoms with van der Waals surface area (Å²) in [7, 11) is 0. The normalized spacial score (nSPS) is 12.5. The van der Waals surface area contributed by atoms with Gasteiger partial charge in [0.1, 0.15) is 0 Å². The second kappa shape index (κ2) is 8.96. The minimum atomic E-state index is 1.27. The van der Waals surface area contributed by atoms with Gasteiger partial charge in [-0.2, -0.15) is 0 Å². The molecular weight excluding hydrogens is 449 g/mol. The number of hydrogen-bond donors (Lipinski definition) is 0. The van der Waals surface area contributed by atoms with Crippen LogP contribution in [0.1, 0.15) is 75.0 Å². The Morgan fingerprint density at radius 1 is 0.483 bits per heavy atom. The molecule has 0 saturated carbocycles. The second-order valence-corrected chi connectivity index (χ2v) is 13.5. The van der Waals surface area contributed by atoms with Crippen LogP contribution in [0.3, 0.4) is 0 Å². The predicted octanol–water partition coefficient (Wildman–Crippen LogP) is 10.9. The average molecular weight is 477 g/mol. The van der Waals surface area contributed by atoms with Crippen molar-refractivity contribution in [3.8, 4) is 0 Å². The molecule has 0 radical (unpaired) electrons. The summed E-state index contributed by atoms with van der Waals surface area (Å²) in [6.07, 6.45) is 13.4. The van der Waals surface area contributed by atoms with Gasteiger partial charge in [-0.1, -0.05) is 52.4 Å². The summed E-state index contributed by atoms with van der Waals surface area (Å²) in [6, 6.07) is 4.97. The van der Waals surface area contributed by atoms with Gasteiger partial charge in [-0.15, -0.1) is 56.7 Å². The number of fused-ring (bicyclic) bond motifs is 7. The molecule has 0 saturated heterocycles. The number of rotatable bonds is 10. The Balaban J connectivity index is 1.42. The van der Waals surface area contributed by atoms with Crippen LogP contribution in [0.5, 0.6) is 0 Å². The second-order valence-electron chi connectivity index (χ2n) is 8.06. The van der Waals surface area contributed by atoms with Gasteiger partial charge in [-0.05, 0) is 37.8 Å². The number of thiophene rings is 5. The van der Waals surface area contributed by atoms with Gasteiger partial charge in [0.25, 0.3) is 0 Å². The molecule has 0 atom stereocenters. The van der Waals surface area contributed by atoms with Crippen LogP contribution >= 0.6 is 56.7 Å². The first kappa shape index (κ1) is 20.4. The lowest BCUT2D eigenvalue weighted by atomic mass is 10.1. The van der Waals surface area contributed by atoms with Crippen molar-refractivity contribution >= 4 is 94.3 Å². The first-order chi connectivity index (χ1) is 14.3. The van der Waals surface area contributed by atoms with E-state index in [1.54, 1.807) is 38.0 Å². The minimum absolute atomic E-state index is 1.27. The van der Waals surface area contributed by atoms with Gasteiger partial charge in [0.05, 0.1) is 28.2 Å². The van der Waals surface area contributed by atoms with E-state index in [4.69, 9.17) is 0 Å². The zero-order chi connectivity index (χ0) is 19.8. The molecule has 5 aromatic heterocycles. The Labute approximate surface area is 193 Å². The molecule has 0 amide bonds. The van der Waals surface area contributed by atoms with Crippen LogP contribution < -0.4 is 0 Å². The van der Waals surface area contributed by atoms with Gasteiger partial charge >= 0.3 is 0 Å². The minimum Gasteiger partial charge on any atom is -0.138 e. The van der Waals surface area contributed by atoms with Crippen molar-refractivity contribution in [3.63, 3.8) is 0 Å². The Bertz CT molecular complexity index is 1140. The molecule has 0 aromatic carbocycles. The van der Waals surface area contributed by atoms with Crippen molar-refractivity contribution in [1.82, 2.24) is 0 Å². The summed E-state index contributed by atoms with van der Waals surface area (Å²) in [4.78, 5) is 3.19. The first-order valence-electron chi connectivity index (χ1n) is 11.1. The zero-order valence-electron chi connectivity index (χ0n) is 17.3. The van der Waals surface area contributed by atoms with Crippen LogP contribution in [0.25, 0.3) is 37.6 Å². The van der Waals surface area contributed by atoms with Gasteiger partial charge in [0.2, 0.25) is 0 Å². The van der Waals surface area contributed by atoms with Crippen molar-refractivity contribution in [2.75, 3.05) is 0 Å². The largest absolute Gasteiger partial charge is 0.138 e. The summed E-state index contributed by atoms with van der Waals surface area (Å²) in [5.74, 6) is 0. The first-order valence-corrected chi connectivity index (χ1v) is 15.1. The standard InChI is InChI=1S/C24H28S5/c1-3-5-7-9-11-15-13-17-19(25-15)21-23(27-17)24-22(29-21)20-18(28-24)14-16(26-20)12-10-8-6-4-2/h13-14H,3-12H2,1-2H3. The summed E-state index contributed by atoms with van der Waals surface area (Å²) in [5, 5.41) is 0. The van der Waals surface area contributed by atoms with Gasteiger partial charge in [-0.25, -0.2) is 0 Å². The molecule has 0 aliphatic carbocycles. The van der Waals surface area contributed by atoms with Crippen molar-refractivity contribution in [2.24, 2.45) is 0 Å². The Hall–Kier alpha value is -0.460. The highest BCUT2D eigenvalue weighted by Gasteiger charge is 2.19. The topological polar surface area (TPSA) is 0 Å². The van der Waals surface area contributed by atoms with Crippen molar-refractivity contribution in [1.29, 1.82) is 0 Å². The van der Waals surface area contributed by atoms with Crippen LogP contribution in [0, 0.1) is 0 Å². The van der Waals surface area contributed by atoms with E-state index >= 15 is 0 Å². The number of hydrogen-bond acceptors (Lipinski definition) is 5. The molecule has 0 aliphatic heterocycles. The maximum atomic E-state index is 2.49. The van der Waals surface area contributed by atoms with Crippen molar-refractivity contribution < 1.29 is 0 Å². The summed E-state index contributed by atoms with van der Waals surface area (Å²) < 4.78 is 12.4. The molecule has 0 N–H and O–H groups in total. The molecular formula is C24H28S5. The van der Waals surface area contributed by atoms with Crippen LogP contribution in [0.15, 0.2) is 12.1 Å². The smallest absolute Gasteiger partial charge is 0.0651 e. The lowest BCUT2D eigenvalue weighted by Gasteiger charge is -1.96. The summed E-state index contributed by atoms with van der Waals surface area (Å²) >= 11 is 10.3. The lowest BCUT2D eigenvalue weighted by molar-refractivity contribution is 0.670. The van der Waals surface area contributed by atoms with Crippen LogP contribution in [0.2, 0.25) is 0 Å².